The Morgan fingerprint density at radius 1 is 1.00 bits per heavy atom. The molecule has 2 nitrogen and oxygen atoms in total. The Kier molecular flexibility index (Phi) is 3.66. The van der Waals surface area contributed by atoms with Crippen molar-refractivity contribution in [2.45, 2.75) is 6.42 Å². The molecule has 0 amide bonds. The molecule has 0 fully saturated rings. The largest absolute Gasteiger partial charge is 0.497 e. The van der Waals surface area contributed by atoms with Crippen LogP contribution in [0.25, 0.3) is 0 Å². The smallest absolute Gasteiger partial charge is 0.119 e. The Morgan fingerprint density at radius 3 is 2.41 bits per heavy atom. The standard InChI is InChI=1S/C15H17NO/c1-16-14-7-3-5-12(10-14)9-13-6-4-8-15(11-13)17-2/h3-8,10-11,16H,9H2,1-2H3. The van der Waals surface area contributed by atoms with E-state index in [4.69, 9.17) is 4.74 Å². The van der Waals surface area contributed by atoms with Gasteiger partial charge in [-0.05, 0) is 41.8 Å². The van der Waals surface area contributed by atoms with Crippen molar-refractivity contribution < 1.29 is 4.74 Å². The predicted molar refractivity (Wildman–Crippen MR) is 71.8 cm³/mol. The van der Waals surface area contributed by atoms with Gasteiger partial charge in [0.15, 0.2) is 0 Å². The first-order chi connectivity index (χ1) is 8.31. The summed E-state index contributed by atoms with van der Waals surface area (Å²) in [6.07, 6.45) is 0.923. The molecular formula is C15H17NO. The molecule has 17 heavy (non-hydrogen) atoms. The van der Waals surface area contributed by atoms with Gasteiger partial charge in [0.2, 0.25) is 0 Å². The monoisotopic (exact) mass is 227 g/mol. The number of anilines is 1. The van der Waals surface area contributed by atoms with E-state index in [9.17, 15) is 0 Å². The van der Waals surface area contributed by atoms with E-state index in [-0.39, 0.29) is 0 Å². The zero-order chi connectivity index (χ0) is 12.1. The first-order valence-electron chi connectivity index (χ1n) is 5.71. The Balaban J connectivity index is 2.18. The van der Waals surface area contributed by atoms with Gasteiger partial charge in [-0.2, -0.15) is 0 Å². The topological polar surface area (TPSA) is 21.3 Å². The number of ether oxygens (including phenoxy) is 1. The van der Waals surface area contributed by atoms with E-state index in [1.165, 1.54) is 11.1 Å². The van der Waals surface area contributed by atoms with Gasteiger partial charge in [-0.15, -0.1) is 0 Å². The quantitative estimate of drug-likeness (QED) is 0.865. The van der Waals surface area contributed by atoms with E-state index >= 15 is 0 Å². The molecule has 0 aliphatic rings. The third-order valence-corrected chi connectivity index (χ3v) is 2.76. The highest BCUT2D eigenvalue weighted by Gasteiger charge is 1.99. The highest BCUT2D eigenvalue weighted by atomic mass is 16.5. The van der Waals surface area contributed by atoms with E-state index in [1.54, 1.807) is 7.11 Å². The third kappa shape index (κ3) is 3.00. The molecule has 2 aromatic rings. The van der Waals surface area contributed by atoms with Crippen LogP contribution in [0.3, 0.4) is 0 Å². The number of hydrogen-bond donors (Lipinski definition) is 1. The van der Waals surface area contributed by atoms with Gasteiger partial charge in [0, 0.05) is 12.7 Å². The maximum absolute atomic E-state index is 5.23. The van der Waals surface area contributed by atoms with E-state index in [0.29, 0.717) is 0 Å². The van der Waals surface area contributed by atoms with Crippen LogP contribution in [-0.4, -0.2) is 14.2 Å². The van der Waals surface area contributed by atoms with Crippen molar-refractivity contribution in [1.29, 1.82) is 0 Å². The summed E-state index contributed by atoms with van der Waals surface area (Å²) < 4.78 is 5.23. The Bertz CT molecular complexity index is 448. The highest BCUT2D eigenvalue weighted by Crippen LogP contribution is 2.18. The number of nitrogens with one attached hydrogen (secondary N) is 1. The molecule has 2 aromatic carbocycles. The van der Waals surface area contributed by atoms with E-state index in [1.807, 2.05) is 19.2 Å². The summed E-state index contributed by atoms with van der Waals surface area (Å²) in [6.45, 7) is 0. The van der Waals surface area contributed by atoms with Gasteiger partial charge < -0.3 is 10.1 Å². The maximum Gasteiger partial charge on any atom is 0.119 e. The van der Waals surface area contributed by atoms with Crippen LogP contribution in [0.1, 0.15) is 11.1 Å². The van der Waals surface area contributed by atoms with E-state index in [0.717, 1.165) is 17.9 Å². The van der Waals surface area contributed by atoms with Crippen LogP contribution >= 0.6 is 0 Å². The van der Waals surface area contributed by atoms with Crippen LogP contribution < -0.4 is 10.1 Å². The molecule has 0 bridgehead atoms. The fourth-order valence-electron chi connectivity index (χ4n) is 1.85. The van der Waals surface area contributed by atoms with E-state index < -0.39 is 0 Å². The average Bonchev–Trinajstić information content (AvgIpc) is 2.39. The van der Waals surface area contributed by atoms with Crippen molar-refractivity contribution in [2.75, 3.05) is 19.5 Å². The normalized spacial score (nSPS) is 10.0. The lowest BCUT2D eigenvalue weighted by Crippen LogP contribution is -1.92. The summed E-state index contributed by atoms with van der Waals surface area (Å²) in [7, 11) is 3.63. The number of methoxy groups -OCH3 is 1. The number of rotatable bonds is 4. The highest BCUT2D eigenvalue weighted by molar-refractivity contribution is 5.46. The zero-order valence-corrected chi connectivity index (χ0v) is 10.2. The lowest BCUT2D eigenvalue weighted by Gasteiger charge is -2.06. The third-order valence-electron chi connectivity index (χ3n) is 2.76. The SMILES string of the molecule is CNc1cccc(Cc2cccc(OC)c2)c1. The van der Waals surface area contributed by atoms with Gasteiger partial charge in [0.05, 0.1) is 7.11 Å². The molecule has 0 heterocycles. The molecule has 0 aliphatic heterocycles. The van der Waals surface area contributed by atoms with Gasteiger partial charge in [-0.3, -0.25) is 0 Å². The molecular weight excluding hydrogens is 210 g/mol. The van der Waals surface area contributed by atoms with Crippen LogP contribution in [0, 0.1) is 0 Å². The van der Waals surface area contributed by atoms with Gasteiger partial charge >= 0.3 is 0 Å². The van der Waals surface area contributed by atoms with Crippen molar-refractivity contribution >= 4 is 5.69 Å². The first kappa shape index (κ1) is 11.5. The van der Waals surface area contributed by atoms with Crippen molar-refractivity contribution in [3.8, 4) is 5.75 Å². The molecule has 0 unspecified atom stereocenters. The van der Waals surface area contributed by atoms with Crippen LogP contribution in [0.2, 0.25) is 0 Å². The minimum absolute atomic E-state index is 0.910. The summed E-state index contributed by atoms with van der Waals surface area (Å²) >= 11 is 0. The second-order valence-electron chi connectivity index (χ2n) is 3.98. The summed E-state index contributed by atoms with van der Waals surface area (Å²) in [4.78, 5) is 0. The number of benzene rings is 2. The lowest BCUT2D eigenvalue weighted by molar-refractivity contribution is 0.414. The molecule has 0 radical (unpaired) electrons. The lowest BCUT2D eigenvalue weighted by atomic mass is 10.0. The average molecular weight is 227 g/mol. The van der Waals surface area contributed by atoms with Crippen LogP contribution in [0.5, 0.6) is 5.75 Å². The molecule has 2 heteroatoms. The molecule has 1 N–H and O–H groups in total. The molecule has 0 aliphatic carbocycles. The molecule has 0 saturated heterocycles. The van der Waals surface area contributed by atoms with Gasteiger partial charge in [-0.25, -0.2) is 0 Å². The van der Waals surface area contributed by atoms with Gasteiger partial charge in [0.1, 0.15) is 5.75 Å². The second kappa shape index (κ2) is 5.39. The summed E-state index contributed by atoms with van der Waals surface area (Å²) in [5, 5.41) is 3.15. The first-order valence-corrected chi connectivity index (χ1v) is 5.71. The Labute approximate surface area is 102 Å². The van der Waals surface area contributed by atoms with Crippen molar-refractivity contribution in [3.05, 3.63) is 59.7 Å². The van der Waals surface area contributed by atoms with Crippen LogP contribution in [0.15, 0.2) is 48.5 Å². The van der Waals surface area contributed by atoms with Crippen molar-refractivity contribution in [2.24, 2.45) is 0 Å². The maximum atomic E-state index is 5.23. The fraction of sp³-hybridized carbons (Fsp3) is 0.200. The molecule has 0 atom stereocenters. The molecule has 0 aromatic heterocycles. The molecule has 2 rings (SSSR count). The summed E-state index contributed by atoms with van der Waals surface area (Å²) in [5.74, 6) is 0.910. The minimum Gasteiger partial charge on any atom is -0.497 e. The second-order valence-corrected chi connectivity index (χ2v) is 3.98. The van der Waals surface area contributed by atoms with Crippen LogP contribution in [0.4, 0.5) is 5.69 Å². The minimum atomic E-state index is 0.910. The zero-order valence-electron chi connectivity index (χ0n) is 10.2. The Hall–Kier alpha value is -1.96. The van der Waals surface area contributed by atoms with Crippen LogP contribution in [-0.2, 0) is 6.42 Å². The number of hydrogen-bond acceptors (Lipinski definition) is 2. The predicted octanol–water partition coefficient (Wildman–Crippen LogP) is 3.33. The van der Waals surface area contributed by atoms with E-state index in [2.05, 4.69) is 41.7 Å². The molecule has 88 valence electrons. The van der Waals surface area contributed by atoms with Gasteiger partial charge in [0.25, 0.3) is 0 Å². The molecule has 0 spiro atoms. The fourth-order valence-corrected chi connectivity index (χ4v) is 1.85. The van der Waals surface area contributed by atoms with Gasteiger partial charge in [-0.1, -0.05) is 24.3 Å². The molecule has 0 saturated carbocycles. The van der Waals surface area contributed by atoms with Crippen molar-refractivity contribution in [1.82, 2.24) is 0 Å². The Morgan fingerprint density at radius 2 is 1.71 bits per heavy atom. The van der Waals surface area contributed by atoms with Crippen molar-refractivity contribution in [3.63, 3.8) is 0 Å². The summed E-state index contributed by atoms with van der Waals surface area (Å²) in [5.41, 5.74) is 3.70. The summed E-state index contributed by atoms with van der Waals surface area (Å²) in [6, 6.07) is 16.6.